The first-order chi connectivity index (χ1) is 3.72. The number of rotatable bonds is 3. The molecule has 0 aliphatic carbocycles. The van der Waals surface area contributed by atoms with Gasteiger partial charge in [0.2, 0.25) is 0 Å². The Bertz CT molecular complexity index is 87.1. The van der Waals surface area contributed by atoms with Gasteiger partial charge in [-0.25, -0.2) is 4.84 Å². The van der Waals surface area contributed by atoms with Crippen LogP contribution in [0, 0.1) is 0 Å². The van der Waals surface area contributed by atoms with Gasteiger partial charge in [0.15, 0.2) is 0 Å². The third-order valence-corrected chi connectivity index (χ3v) is 1.24. The van der Waals surface area contributed by atoms with E-state index in [0.717, 1.165) is 0 Å². The van der Waals surface area contributed by atoms with E-state index in [4.69, 9.17) is 16.9 Å². The molecule has 0 aliphatic heterocycles. The van der Waals surface area contributed by atoms with E-state index in [9.17, 15) is 4.79 Å². The lowest BCUT2D eigenvalue weighted by atomic mass is 10.4. The van der Waals surface area contributed by atoms with Crippen LogP contribution in [0.5, 0.6) is 0 Å². The Morgan fingerprint density at radius 1 is 1.89 bits per heavy atom. The first-order valence-corrected chi connectivity index (χ1v) is 2.93. The van der Waals surface area contributed by atoms with Gasteiger partial charge in [-0.3, -0.25) is 4.79 Å². The summed E-state index contributed by atoms with van der Waals surface area (Å²) in [4.78, 5) is 12.0. The molecule has 4 nitrogen and oxygen atoms in total. The first kappa shape index (κ1) is 11.8. The van der Waals surface area contributed by atoms with E-state index in [0.29, 0.717) is 0 Å². The third-order valence-electron chi connectivity index (χ3n) is 0.612. The third kappa shape index (κ3) is 4.53. The summed E-state index contributed by atoms with van der Waals surface area (Å²) in [6.45, 7) is 0. The molecule has 0 rings (SSSR count). The second kappa shape index (κ2) is 6.15. The monoisotopic (exact) mass is 173 g/mol. The minimum atomic E-state index is -0.991. The molecule has 0 heterocycles. The molecule has 0 amide bonds. The lowest BCUT2D eigenvalue weighted by molar-refractivity contribution is -0.138. The van der Waals surface area contributed by atoms with Crippen LogP contribution in [0.15, 0.2) is 0 Å². The van der Waals surface area contributed by atoms with Crippen molar-refractivity contribution in [1.29, 1.82) is 0 Å². The van der Waals surface area contributed by atoms with Crippen LogP contribution in [0.4, 0.5) is 0 Å². The fourth-order valence-electron chi connectivity index (χ4n) is 0.159. The molecular weight excluding hydrogens is 166 g/mol. The van der Waals surface area contributed by atoms with Crippen LogP contribution in [-0.2, 0) is 4.79 Å². The van der Waals surface area contributed by atoms with E-state index in [1.165, 1.54) is 0 Å². The minimum Gasteiger partial charge on any atom is -0.480 e. The van der Waals surface area contributed by atoms with Crippen molar-refractivity contribution in [2.75, 3.05) is 5.75 Å². The number of thiol groups is 1. The second-order valence-electron chi connectivity index (χ2n) is 1.18. The van der Waals surface area contributed by atoms with Gasteiger partial charge in [-0.1, -0.05) is 0 Å². The van der Waals surface area contributed by atoms with Gasteiger partial charge in [-0.2, -0.15) is 12.6 Å². The van der Waals surface area contributed by atoms with Gasteiger partial charge < -0.3 is 10.6 Å². The fourth-order valence-corrected chi connectivity index (χ4v) is 0.685. The van der Waals surface area contributed by atoms with Gasteiger partial charge in [0.1, 0.15) is 6.04 Å². The molecule has 0 aromatic heterocycles. The summed E-state index contributed by atoms with van der Waals surface area (Å²) in [7, 11) is 0. The Morgan fingerprint density at radius 2 is 2.33 bits per heavy atom. The smallest absolute Gasteiger partial charge is 0.322 e. The lowest BCUT2D eigenvalue weighted by Gasteiger charge is -2.02. The molecule has 9 heavy (non-hydrogen) atoms. The van der Waals surface area contributed by atoms with Crippen LogP contribution < -0.4 is 4.84 Å². The van der Waals surface area contributed by atoms with Crippen molar-refractivity contribution in [1.82, 2.24) is 4.84 Å². The number of hydrogen-bond donors (Lipinski definition) is 3. The number of carbonyl (C=O) groups is 1. The summed E-state index contributed by atoms with van der Waals surface area (Å²) in [6.07, 6.45) is 0. The molecule has 6 heteroatoms. The van der Waals surface area contributed by atoms with Crippen LogP contribution in [0.1, 0.15) is 0 Å². The molecule has 0 saturated carbocycles. The van der Waals surface area contributed by atoms with Crippen molar-refractivity contribution >= 4 is 30.4 Å². The van der Waals surface area contributed by atoms with Crippen LogP contribution >= 0.6 is 24.4 Å². The topological polar surface area (TPSA) is 80.8 Å². The molecule has 0 aromatic rings. The van der Waals surface area contributed by atoms with Gasteiger partial charge in [-0.15, -0.1) is 0 Å². The standard InChI is InChI=1S/C3H6ClNO2S.H2O/c4-5-2(1-8)3(6)7;/h2,5,8H,1H2,(H,6,7);1H2/t2-;/m0./s1. The van der Waals surface area contributed by atoms with Crippen LogP contribution in [0.25, 0.3) is 0 Å². The second-order valence-corrected chi connectivity index (χ2v) is 1.77. The van der Waals surface area contributed by atoms with Crippen molar-refractivity contribution in [2.24, 2.45) is 0 Å². The highest BCUT2D eigenvalue weighted by molar-refractivity contribution is 7.80. The van der Waals surface area contributed by atoms with Crippen LogP contribution in [0.2, 0.25) is 0 Å². The van der Waals surface area contributed by atoms with Gasteiger partial charge in [-0.05, 0) is 11.8 Å². The van der Waals surface area contributed by atoms with Gasteiger partial charge >= 0.3 is 5.97 Å². The Hall–Kier alpha value is 0.0300. The number of carboxylic acids is 1. The van der Waals surface area contributed by atoms with Gasteiger partial charge in [0.25, 0.3) is 0 Å². The van der Waals surface area contributed by atoms with Gasteiger partial charge in [0, 0.05) is 5.75 Å². The van der Waals surface area contributed by atoms with Crippen molar-refractivity contribution in [3.05, 3.63) is 0 Å². The number of carboxylic acid groups (broad SMARTS) is 1. The van der Waals surface area contributed by atoms with E-state index in [1.807, 2.05) is 4.84 Å². The Balaban J connectivity index is 0. The Labute approximate surface area is 63.0 Å². The quantitative estimate of drug-likeness (QED) is 0.390. The first-order valence-electron chi connectivity index (χ1n) is 1.92. The molecular formula is C3H8ClNO3S. The summed E-state index contributed by atoms with van der Waals surface area (Å²) in [5.41, 5.74) is 0. The van der Waals surface area contributed by atoms with Crippen molar-refractivity contribution in [2.45, 2.75) is 6.04 Å². The van der Waals surface area contributed by atoms with Crippen LogP contribution in [-0.4, -0.2) is 28.3 Å². The highest BCUT2D eigenvalue weighted by Gasteiger charge is 2.11. The average molecular weight is 174 g/mol. The zero-order valence-electron chi connectivity index (χ0n) is 4.47. The van der Waals surface area contributed by atoms with Gasteiger partial charge in [0.05, 0.1) is 0 Å². The molecule has 0 unspecified atom stereocenters. The molecule has 56 valence electrons. The predicted molar refractivity (Wildman–Crippen MR) is 37.9 cm³/mol. The molecule has 0 saturated heterocycles. The maximum atomic E-state index is 9.97. The molecule has 0 fully saturated rings. The zero-order valence-corrected chi connectivity index (χ0v) is 6.12. The molecule has 1 atom stereocenters. The maximum absolute atomic E-state index is 9.97. The molecule has 0 bridgehead atoms. The summed E-state index contributed by atoms with van der Waals surface area (Å²) in [5, 5.41) is 8.18. The van der Waals surface area contributed by atoms with E-state index in [-0.39, 0.29) is 11.2 Å². The maximum Gasteiger partial charge on any atom is 0.322 e. The van der Waals surface area contributed by atoms with E-state index in [2.05, 4.69) is 12.6 Å². The van der Waals surface area contributed by atoms with Crippen molar-refractivity contribution in [3.8, 4) is 0 Å². The molecule has 0 aliphatic rings. The highest BCUT2D eigenvalue weighted by atomic mass is 35.5. The molecule has 0 radical (unpaired) electrons. The molecule has 0 spiro atoms. The van der Waals surface area contributed by atoms with Crippen molar-refractivity contribution in [3.63, 3.8) is 0 Å². The highest BCUT2D eigenvalue weighted by Crippen LogP contribution is 1.87. The van der Waals surface area contributed by atoms with E-state index >= 15 is 0 Å². The predicted octanol–water partition coefficient (Wildman–Crippen LogP) is -0.712. The SMILES string of the molecule is O.O=C(O)[C@H](CS)NCl. The van der Waals surface area contributed by atoms with E-state index in [1.54, 1.807) is 0 Å². The summed E-state index contributed by atoms with van der Waals surface area (Å²) >= 11 is 8.69. The Kier molecular flexibility index (Phi) is 8.06. The van der Waals surface area contributed by atoms with Crippen molar-refractivity contribution < 1.29 is 15.4 Å². The normalized spacial score (nSPS) is 11.8. The van der Waals surface area contributed by atoms with Crippen LogP contribution in [0.3, 0.4) is 0 Å². The number of nitrogens with one attached hydrogen (secondary N) is 1. The summed E-state index contributed by atoms with van der Waals surface area (Å²) < 4.78 is 0. The minimum absolute atomic E-state index is 0. The Morgan fingerprint density at radius 3 is 2.33 bits per heavy atom. The number of hydrogen-bond acceptors (Lipinski definition) is 3. The lowest BCUT2D eigenvalue weighted by Crippen LogP contribution is -2.31. The summed E-state index contributed by atoms with van der Waals surface area (Å²) in [5.74, 6) is -0.797. The molecule has 4 N–H and O–H groups in total. The number of halogens is 1. The zero-order chi connectivity index (χ0) is 6.57. The van der Waals surface area contributed by atoms with E-state index < -0.39 is 12.0 Å². The average Bonchev–Trinajstić information content (AvgIpc) is 1.69. The number of aliphatic carboxylic acids is 1. The summed E-state index contributed by atoms with van der Waals surface area (Å²) in [6, 6.07) is -0.750. The fraction of sp³-hybridized carbons (Fsp3) is 0.667. The largest absolute Gasteiger partial charge is 0.480 e. The molecule has 0 aromatic carbocycles.